The van der Waals surface area contributed by atoms with Crippen LogP contribution < -0.4 is 0 Å². The molecule has 0 aliphatic rings. The highest BCUT2D eigenvalue weighted by Gasteiger charge is 2.09. The van der Waals surface area contributed by atoms with Gasteiger partial charge in [0.1, 0.15) is 0 Å². The summed E-state index contributed by atoms with van der Waals surface area (Å²) in [6.07, 6.45) is 6.45. The van der Waals surface area contributed by atoms with Crippen molar-refractivity contribution in [3.8, 4) is 0 Å². The van der Waals surface area contributed by atoms with Crippen LogP contribution in [0.5, 0.6) is 0 Å². The van der Waals surface area contributed by atoms with Crippen LogP contribution >= 0.6 is 0 Å². The van der Waals surface area contributed by atoms with E-state index in [0.29, 0.717) is 12.5 Å². The molecule has 0 aromatic carbocycles. The normalized spacial score (nSPS) is 17.8. The van der Waals surface area contributed by atoms with Crippen molar-refractivity contribution in [2.24, 2.45) is 17.8 Å². The first kappa shape index (κ1) is 14.0. The molecule has 1 nitrogen and oxygen atoms in total. The zero-order valence-electron chi connectivity index (χ0n) is 10.4. The van der Waals surface area contributed by atoms with Gasteiger partial charge in [0, 0.05) is 6.61 Å². The molecule has 3 atom stereocenters. The number of aliphatic hydroxyl groups is 1. The van der Waals surface area contributed by atoms with Gasteiger partial charge >= 0.3 is 0 Å². The van der Waals surface area contributed by atoms with E-state index in [0.717, 1.165) is 11.8 Å². The van der Waals surface area contributed by atoms with Crippen LogP contribution in [-0.4, -0.2) is 11.7 Å². The first-order valence-corrected chi connectivity index (χ1v) is 6.22. The van der Waals surface area contributed by atoms with Crippen LogP contribution in [0.2, 0.25) is 0 Å². The van der Waals surface area contributed by atoms with Crippen LogP contribution in [0.25, 0.3) is 0 Å². The molecular formula is C13H28O. The number of hydrogen-bond donors (Lipinski definition) is 1. The second kappa shape index (κ2) is 8.28. The van der Waals surface area contributed by atoms with Crippen molar-refractivity contribution in [2.75, 3.05) is 6.61 Å². The van der Waals surface area contributed by atoms with Gasteiger partial charge in [-0.25, -0.2) is 0 Å². The Balaban J connectivity index is 3.35. The zero-order valence-corrected chi connectivity index (χ0v) is 10.4. The summed E-state index contributed by atoms with van der Waals surface area (Å²) < 4.78 is 0. The molecule has 0 aromatic heterocycles. The lowest BCUT2D eigenvalue weighted by Gasteiger charge is -2.18. The molecule has 1 N–H and O–H groups in total. The molecule has 0 radical (unpaired) electrons. The lowest BCUT2D eigenvalue weighted by Crippen LogP contribution is -2.07. The fraction of sp³-hybridized carbons (Fsp3) is 1.00. The Morgan fingerprint density at radius 2 is 1.50 bits per heavy atom. The quantitative estimate of drug-likeness (QED) is 0.590. The number of hydrogen-bond acceptors (Lipinski definition) is 1. The van der Waals surface area contributed by atoms with Crippen LogP contribution in [0.15, 0.2) is 0 Å². The summed E-state index contributed by atoms with van der Waals surface area (Å²) in [5, 5.41) is 8.87. The van der Waals surface area contributed by atoms with Gasteiger partial charge in [-0.05, 0) is 24.2 Å². The van der Waals surface area contributed by atoms with Gasteiger partial charge in [-0.1, -0.05) is 53.4 Å². The van der Waals surface area contributed by atoms with Crippen molar-refractivity contribution in [2.45, 2.75) is 59.8 Å². The Morgan fingerprint density at radius 3 is 2.00 bits per heavy atom. The topological polar surface area (TPSA) is 20.2 Å². The Hall–Kier alpha value is -0.0400. The second-order valence-electron chi connectivity index (χ2n) is 4.94. The molecule has 0 amide bonds. The Labute approximate surface area is 89.9 Å². The van der Waals surface area contributed by atoms with Crippen LogP contribution in [0, 0.1) is 17.8 Å². The van der Waals surface area contributed by atoms with Crippen LogP contribution in [0.1, 0.15) is 59.8 Å². The standard InChI is InChI=1S/C13H28O/c1-5-12(3)13(4)9-7-6-8-11(2)10-14/h11-14H,5-10H2,1-4H3. The number of rotatable bonds is 8. The van der Waals surface area contributed by atoms with E-state index >= 15 is 0 Å². The summed E-state index contributed by atoms with van der Waals surface area (Å²) in [6, 6.07) is 0. The van der Waals surface area contributed by atoms with Gasteiger partial charge in [0.05, 0.1) is 0 Å². The summed E-state index contributed by atoms with van der Waals surface area (Å²) in [6.45, 7) is 9.46. The molecular weight excluding hydrogens is 172 g/mol. The van der Waals surface area contributed by atoms with Gasteiger partial charge in [0.2, 0.25) is 0 Å². The highest BCUT2D eigenvalue weighted by Crippen LogP contribution is 2.21. The fourth-order valence-electron chi connectivity index (χ4n) is 1.74. The van der Waals surface area contributed by atoms with E-state index in [1.165, 1.54) is 32.1 Å². The van der Waals surface area contributed by atoms with Crippen molar-refractivity contribution in [1.29, 1.82) is 0 Å². The molecule has 0 aliphatic carbocycles. The van der Waals surface area contributed by atoms with E-state index < -0.39 is 0 Å². The second-order valence-corrected chi connectivity index (χ2v) is 4.94. The number of aliphatic hydroxyl groups excluding tert-OH is 1. The third kappa shape index (κ3) is 6.42. The average molecular weight is 200 g/mol. The van der Waals surface area contributed by atoms with E-state index in [1.807, 2.05) is 0 Å². The zero-order chi connectivity index (χ0) is 11.0. The molecule has 0 spiro atoms. The van der Waals surface area contributed by atoms with E-state index in [2.05, 4.69) is 27.7 Å². The highest BCUT2D eigenvalue weighted by atomic mass is 16.3. The molecule has 3 unspecified atom stereocenters. The van der Waals surface area contributed by atoms with Crippen LogP contribution in [-0.2, 0) is 0 Å². The summed E-state index contributed by atoms with van der Waals surface area (Å²) in [4.78, 5) is 0. The summed E-state index contributed by atoms with van der Waals surface area (Å²) in [5.41, 5.74) is 0. The molecule has 0 fully saturated rings. The lowest BCUT2D eigenvalue weighted by molar-refractivity contribution is 0.225. The molecule has 14 heavy (non-hydrogen) atoms. The summed E-state index contributed by atoms with van der Waals surface area (Å²) in [5.74, 6) is 2.23. The van der Waals surface area contributed by atoms with Crippen LogP contribution in [0.3, 0.4) is 0 Å². The molecule has 0 bridgehead atoms. The maximum absolute atomic E-state index is 8.87. The molecule has 86 valence electrons. The number of unbranched alkanes of at least 4 members (excludes halogenated alkanes) is 1. The summed E-state index contributed by atoms with van der Waals surface area (Å²) >= 11 is 0. The van der Waals surface area contributed by atoms with Crippen molar-refractivity contribution < 1.29 is 5.11 Å². The van der Waals surface area contributed by atoms with Gasteiger partial charge in [-0.3, -0.25) is 0 Å². The SMILES string of the molecule is CCC(C)C(C)CCCCC(C)CO. The smallest absolute Gasteiger partial charge is 0.0456 e. The third-order valence-electron chi connectivity index (χ3n) is 3.53. The third-order valence-corrected chi connectivity index (χ3v) is 3.53. The molecule has 0 saturated heterocycles. The first-order valence-electron chi connectivity index (χ1n) is 6.22. The van der Waals surface area contributed by atoms with E-state index in [9.17, 15) is 0 Å². The van der Waals surface area contributed by atoms with Crippen molar-refractivity contribution in [3.05, 3.63) is 0 Å². The Kier molecular flexibility index (Phi) is 8.26. The summed E-state index contributed by atoms with van der Waals surface area (Å²) in [7, 11) is 0. The maximum atomic E-state index is 8.87. The van der Waals surface area contributed by atoms with Crippen molar-refractivity contribution in [1.82, 2.24) is 0 Å². The van der Waals surface area contributed by atoms with Crippen molar-refractivity contribution in [3.63, 3.8) is 0 Å². The first-order chi connectivity index (χ1) is 6.61. The van der Waals surface area contributed by atoms with Crippen LogP contribution in [0.4, 0.5) is 0 Å². The Morgan fingerprint density at radius 1 is 0.929 bits per heavy atom. The predicted octanol–water partition coefficient (Wildman–Crippen LogP) is 3.86. The predicted molar refractivity (Wildman–Crippen MR) is 63.3 cm³/mol. The molecule has 0 heterocycles. The highest BCUT2D eigenvalue weighted by molar-refractivity contribution is 4.61. The van der Waals surface area contributed by atoms with Gasteiger partial charge < -0.3 is 5.11 Å². The van der Waals surface area contributed by atoms with Gasteiger partial charge in [0.25, 0.3) is 0 Å². The van der Waals surface area contributed by atoms with E-state index in [-0.39, 0.29) is 0 Å². The molecule has 0 saturated carbocycles. The van der Waals surface area contributed by atoms with E-state index in [4.69, 9.17) is 5.11 Å². The lowest BCUT2D eigenvalue weighted by atomic mass is 9.88. The van der Waals surface area contributed by atoms with Gasteiger partial charge in [-0.2, -0.15) is 0 Å². The largest absolute Gasteiger partial charge is 0.396 e. The monoisotopic (exact) mass is 200 g/mol. The van der Waals surface area contributed by atoms with E-state index in [1.54, 1.807) is 0 Å². The molecule has 1 heteroatoms. The molecule has 0 rings (SSSR count). The maximum Gasteiger partial charge on any atom is 0.0456 e. The van der Waals surface area contributed by atoms with Gasteiger partial charge in [-0.15, -0.1) is 0 Å². The fourth-order valence-corrected chi connectivity index (χ4v) is 1.74. The Bertz CT molecular complexity index is 122. The molecule has 0 aromatic rings. The average Bonchev–Trinajstić information content (AvgIpc) is 2.22. The minimum Gasteiger partial charge on any atom is -0.396 e. The minimum atomic E-state index is 0.348. The van der Waals surface area contributed by atoms with Crippen molar-refractivity contribution >= 4 is 0 Å². The van der Waals surface area contributed by atoms with Gasteiger partial charge in [0.15, 0.2) is 0 Å². The minimum absolute atomic E-state index is 0.348. The molecule has 0 aliphatic heterocycles.